The van der Waals surface area contributed by atoms with Gasteiger partial charge in [0.05, 0.1) is 22.7 Å². The molecule has 3 aromatic carbocycles. The molecule has 35 heavy (non-hydrogen) atoms. The molecule has 2 aliphatic rings. The minimum Gasteiger partial charge on any atom is -0.289 e. The molecule has 0 unspecified atom stereocenters. The molecule has 4 heteroatoms. The van der Waals surface area contributed by atoms with E-state index in [9.17, 15) is 0 Å². The van der Waals surface area contributed by atoms with Crippen LogP contribution >= 0.6 is 0 Å². The summed E-state index contributed by atoms with van der Waals surface area (Å²) in [6, 6.07) is 21.9. The molecule has 0 saturated heterocycles. The van der Waals surface area contributed by atoms with E-state index in [1.807, 2.05) is 24.8 Å². The Balaban J connectivity index is 1.62. The van der Waals surface area contributed by atoms with E-state index in [2.05, 4.69) is 75.0 Å². The van der Waals surface area contributed by atoms with Crippen LogP contribution in [-0.2, 0) is 12.8 Å². The Labute approximate surface area is 200 Å². The van der Waals surface area contributed by atoms with Crippen molar-refractivity contribution >= 4 is 38.4 Å². The van der Waals surface area contributed by atoms with Gasteiger partial charge in [-0.15, -0.1) is 0 Å². The van der Waals surface area contributed by atoms with Gasteiger partial charge in [-0.05, 0) is 63.7 Å². The predicted molar refractivity (Wildman–Crippen MR) is 140 cm³/mol. The first kappa shape index (κ1) is 17.8. The second-order valence-electron chi connectivity index (χ2n) is 9.66. The first-order valence-corrected chi connectivity index (χ1v) is 12.0. The molecule has 0 saturated carbocycles. The summed E-state index contributed by atoms with van der Waals surface area (Å²) in [6.45, 7) is 0. The molecule has 2 aliphatic carbocycles. The van der Waals surface area contributed by atoms with Gasteiger partial charge in [0.25, 0.3) is 0 Å². The molecule has 7 aromatic rings. The van der Waals surface area contributed by atoms with Gasteiger partial charge in [-0.2, -0.15) is 0 Å². The molecule has 0 fully saturated rings. The maximum Gasteiger partial charge on any atom is 0.148 e. The number of pyridine rings is 3. The maximum atomic E-state index is 5.41. The summed E-state index contributed by atoms with van der Waals surface area (Å²) < 4.78 is 2.35. The van der Waals surface area contributed by atoms with Crippen molar-refractivity contribution < 1.29 is 0 Å². The monoisotopic (exact) mass is 446 g/mol. The van der Waals surface area contributed by atoms with Gasteiger partial charge in [0.2, 0.25) is 0 Å². The van der Waals surface area contributed by atoms with E-state index >= 15 is 0 Å². The van der Waals surface area contributed by atoms with E-state index in [1.54, 1.807) is 0 Å². The van der Waals surface area contributed by atoms with Crippen LogP contribution in [-0.4, -0.2) is 19.4 Å². The summed E-state index contributed by atoms with van der Waals surface area (Å²) in [5.41, 5.74) is 15.3. The van der Waals surface area contributed by atoms with Crippen LogP contribution < -0.4 is 0 Å². The van der Waals surface area contributed by atoms with Crippen molar-refractivity contribution in [1.29, 1.82) is 0 Å². The third-order valence-electron chi connectivity index (χ3n) is 8.02. The average Bonchev–Trinajstić information content (AvgIpc) is 3.60. The Kier molecular flexibility index (Phi) is 3.11. The van der Waals surface area contributed by atoms with Gasteiger partial charge < -0.3 is 0 Å². The van der Waals surface area contributed by atoms with E-state index in [0.717, 1.165) is 40.3 Å². The standard InChI is InChI=1S/C31H18N4/c1-3-7-19-17(5-1)13-23-24-14-18-6-2-4-8-20(18)28(24)30-29(27(19)23)34-31-25-15-32-11-9-21(25)22-10-12-33-16-26(22)35(30)31/h1-12,15-16H,13-14H2. The molecule has 0 spiro atoms. The second-order valence-corrected chi connectivity index (χ2v) is 9.66. The van der Waals surface area contributed by atoms with Crippen molar-refractivity contribution in [2.75, 3.05) is 0 Å². The number of imidazole rings is 1. The lowest BCUT2D eigenvalue weighted by atomic mass is 9.94. The Morgan fingerprint density at radius 3 is 2.09 bits per heavy atom. The van der Waals surface area contributed by atoms with Crippen LogP contribution in [0.1, 0.15) is 22.3 Å². The molecular weight excluding hydrogens is 428 g/mol. The minimum atomic E-state index is 0.952. The summed E-state index contributed by atoms with van der Waals surface area (Å²) in [4.78, 5) is 14.4. The van der Waals surface area contributed by atoms with E-state index in [1.165, 1.54) is 55.4 Å². The lowest BCUT2D eigenvalue weighted by Gasteiger charge is -2.13. The smallest absolute Gasteiger partial charge is 0.148 e. The highest BCUT2D eigenvalue weighted by atomic mass is 15.0. The normalized spacial score (nSPS) is 13.5. The topological polar surface area (TPSA) is 43.1 Å². The van der Waals surface area contributed by atoms with Crippen molar-refractivity contribution in [1.82, 2.24) is 19.4 Å². The van der Waals surface area contributed by atoms with Crippen LogP contribution in [0.5, 0.6) is 0 Å². The molecule has 4 aromatic heterocycles. The molecule has 0 amide bonds. The molecule has 0 bridgehead atoms. The number of benzene rings is 3. The molecular formula is C31H18N4. The lowest BCUT2D eigenvalue weighted by molar-refractivity contribution is 1.16. The fourth-order valence-electron chi connectivity index (χ4n) is 6.62. The molecule has 0 aliphatic heterocycles. The van der Waals surface area contributed by atoms with Gasteiger partial charge in [-0.3, -0.25) is 14.4 Å². The third kappa shape index (κ3) is 2.07. The highest BCUT2D eigenvalue weighted by Crippen LogP contribution is 2.52. The van der Waals surface area contributed by atoms with Crippen LogP contribution in [0.2, 0.25) is 0 Å². The Hall–Kier alpha value is -4.57. The Bertz CT molecular complexity index is 2070. The SMILES string of the molecule is c1ccc2c(c1)Cc1c3c(c4c(nc5c6cnccc6c6ccncc6n54)c1-2)-c1ccccc1C3. The maximum absolute atomic E-state index is 5.41. The van der Waals surface area contributed by atoms with Crippen LogP contribution in [0.4, 0.5) is 0 Å². The Morgan fingerprint density at radius 2 is 1.29 bits per heavy atom. The quantitative estimate of drug-likeness (QED) is 0.243. The summed E-state index contributed by atoms with van der Waals surface area (Å²) in [6.07, 6.45) is 9.62. The summed E-state index contributed by atoms with van der Waals surface area (Å²) in [5, 5.41) is 3.40. The predicted octanol–water partition coefficient (Wildman–Crippen LogP) is 6.73. The molecule has 4 heterocycles. The van der Waals surface area contributed by atoms with Crippen molar-refractivity contribution in [3.05, 3.63) is 108 Å². The molecule has 162 valence electrons. The number of rotatable bonds is 0. The van der Waals surface area contributed by atoms with Crippen molar-refractivity contribution in [3.63, 3.8) is 0 Å². The van der Waals surface area contributed by atoms with Crippen molar-refractivity contribution in [2.24, 2.45) is 0 Å². The lowest BCUT2D eigenvalue weighted by Crippen LogP contribution is -1.96. The van der Waals surface area contributed by atoms with Crippen LogP contribution in [0.25, 0.3) is 60.6 Å². The summed E-state index contributed by atoms with van der Waals surface area (Å²) >= 11 is 0. The fourth-order valence-corrected chi connectivity index (χ4v) is 6.62. The van der Waals surface area contributed by atoms with Gasteiger partial charge in [-0.25, -0.2) is 4.98 Å². The van der Waals surface area contributed by atoms with Crippen LogP contribution in [0.15, 0.2) is 85.5 Å². The van der Waals surface area contributed by atoms with E-state index in [4.69, 9.17) is 4.98 Å². The Morgan fingerprint density at radius 1 is 0.629 bits per heavy atom. The van der Waals surface area contributed by atoms with Gasteiger partial charge in [0.15, 0.2) is 0 Å². The summed E-state index contributed by atoms with van der Waals surface area (Å²) in [5.74, 6) is 0. The zero-order valence-electron chi connectivity index (χ0n) is 18.8. The van der Waals surface area contributed by atoms with Gasteiger partial charge in [-0.1, -0.05) is 48.5 Å². The zero-order chi connectivity index (χ0) is 22.7. The third-order valence-corrected chi connectivity index (χ3v) is 8.02. The van der Waals surface area contributed by atoms with E-state index in [-0.39, 0.29) is 0 Å². The van der Waals surface area contributed by atoms with E-state index < -0.39 is 0 Å². The minimum absolute atomic E-state index is 0.952. The number of nitrogens with zero attached hydrogens (tertiary/aromatic N) is 4. The molecule has 0 radical (unpaired) electrons. The molecule has 0 atom stereocenters. The zero-order valence-corrected chi connectivity index (χ0v) is 18.8. The largest absolute Gasteiger partial charge is 0.289 e. The first-order valence-electron chi connectivity index (χ1n) is 12.0. The second kappa shape index (κ2) is 6.10. The fraction of sp³-hybridized carbons (Fsp3) is 0.0645. The highest BCUT2D eigenvalue weighted by molar-refractivity contribution is 6.17. The number of hydrogen-bond acceptors (Lipinski definition) is 3. The van der Waals surface area contributed by atoms with E-state index in [0.29, 0.717) is 0 Å². The number of fused-ring (bicyclic) bond motifs is 17. The number of hydrogen-bond donors (Lipinski definition) is 0. The summed E-state index contributed by atoms with van der Waals surface area (Å²) in [7, 11) is 0. The van der Waals surface area contributed by atoms with Crippen LogP contribution in [0, 0.1) is 0 Å². The molecule has 0 N–H and O–H groups in total. The highest BCUT2D eigenvalue weighted by Gasteiger charge is 2.34. The average molecular weight is 447 g/mol. The van der Waals surface area contributed by atoms with Gasteiger partial charge in [0, 0.05) is 40.5 Å². The first-order chi connectivity index (χ1) is 17.4. The van der Waals surface area contributed by atoms with Gasteiger partial charge in [0.1, 0.15) is 5.65 Å². The van der Waals surface area contributed by atoms with Crippen LogP contribution in [0.3, 0.4) is 0 Å². The van der Waals surface area contributed by atoms with Crippen molar-refractivity contribution in [2.45, 2.75) is 12.8 Å². The number of aromatic nitrogens is 4. The van der Waals surface area contributed by atoms with Crippen molar-refractivity contribution in [3.8, 4) is 22.3 Å². The molecule has 9 rings (SSSR count). The van der Waals surface area contributed by atoms with Gasteiger partial charge >= 0.3 is 0 Å². The molecule has 4 nitrogen and oxygen atoms in total.